The number of hydrogen-bond acceptors (Lipinski definition) is 3. The Balaban J connectivity index is 2.52. The lowest BCUT2D eigenvalue weighted by Crippen LogP contribution is -2.34. The fourth-order valence-electron chi connectivity index (χ4n) is 1.69. The summed E-state index contributed by atoms with van der Waals surface area (Å²) in [5.41, 5.74) is 1.10. The van der Waals surface area contributed by atoms with Crippen LogP contribution in [0.25, 0.3) is 11.0 Å². The molecule has 0 saturated carbocycles. The second-order valence-electron chi connectivity index (χ2n) is 3.71. The molecule has 0 aliphatic carbocycles. The first kappa shape index (κ1) is 13.1. The van der Waals surface area contributed by atoms with Gasteiger partial charge in [-0.25, -0.2) is 4.79 Å². The van der Waals surface area contributed by atoms with Gasteiger partial charge in [0, 0.05) is 13.1 Å². The second kappa shape index (κ2) is 5.12. The molecule has 7 heteroatoms. The molecule has 2 aromatic rings. The van der Waals surface area contributed by atoms with Crippen molar-refractivity contribution in [1.82, 2.24) is 19.9 Å². The van der Waals surface area contributed by atoms with Gasteiger partial charge in [-0.05, 0) is 26.0 Å². The fourth-order valence-corrected chi connectivity index (χ4v) is 2.00. The molecule has 0 spiro atoms. The van der Waals surface area contributed by atoms with Crippen LogP contribution < -0.4 is 0 Å². The van der Waals surface area contributed by atoms with Gasteiger partial charge in [0.15, 0.2) is 0 Å². The standard InChI is InChI=1S/C11H12Cl2N4O/c1-3-16(4-2)11(18)17-10-6-8(13)7(12)5-9(10)14-15-17/h5-6H,3-4H2,1-2H3. The Hall–Kier alpha value is -1.33. The number of carbonyl (C=O) groups is 1. The van der Waals surface area contributed by atoms with E-state index in [4.69, 9.17) is 23.2 Å². The van der Waals surface area contributed by atoms with Crippen LogP contribution in [0, 0.1) is 0 Å². The van der Waals surface area contributed by atoms with Crippen LogP contribution >= 0.6 is 23.2 Å². The summed E-state index contributed by atoms with van der Waals surface area (Å²) in [4.78, 5) is 13.8. The Morgan fingerprint density at radius 1 is 1.28 bits per heavy atom. The first-order valence-electron chi connectivity index (χ1n) is 5.58. The summed E-state index contributed by atoms with van der Waals surface area (Å²) in [5.74, 6) is 0. The summed E-state index contributed by atoms with van der Waals surface area (Å²) in [6, 6.07) is 2.97. The van der Waals surface area contributed by atoms with Crippen molar-refractivity contribution >= 4 is 40.3 Å². The number of aromatic nitrogens is 3. The normalized spacial score (nSPS) is 10.9. The molecular formula is C11H12Cl2N4O. The molecule has 0 bridgehead atoms. The van der Waals surface area contributed by atoms with E-state index in [0.29, 0.717) is 34.2 Å². The SMILES string of the molecule is CCN(CC)C(=O)n1nnc2cc(Cl)c(Cl)cc21. The predicted molar refractivity (Wildman–Crippen MR) is 71.3 cm³/mol. The Labute approximate surface area is 114 Å². The van der Waals surface area contributed by atoms with Gasteiger partial charge in [0.25, 0.3) is 0 Å². The van der Waals surface area contributed by atoms with Gasteiger partial charge < -0.3 is 4.90 Å². The summed E-state index contributed by atoms with van der Waals surface area (Å²) < 4.78 is 1.24. The summed E-state index contributed by atoms with van der Waals surface area (Å²) >= 11 is 11.8. The molecule has 1 amide bonds. The topological polar surface area (TPSA) is 51.0 Å². The van der Waals surface area contributed by atoms with Crippen LogP contribution in [0.5, 0.6) is 0 Å². The number of amides is 1. The van der Waals surface area contributed by atoms with E-state index in [1.165, 1.54) is 4.68 Å². The van der Waals surface area contributed by atoms with Gasteiger partial charge in [-0.1, -0.05) is 28.4 Å². The molecule has 0 aliphatic rings. The highest BCUT2D eigenvalue weighted by atomic mass is 35.5. The predicted octanol–water partition coefficient (Wildman–Crippen LogP) is 3.05. The minimum atomic E-state index is -0.221. The minimum Gasteiger partial charge on any atom is -0.323 e. The van der Waals surface area contributed by atoms with Crippen molar-refractivity contribution in [2.75, 3.05) is 13.1 Å². The van der Waals surface area contributed by atoms with Crippen LogP contribution in [0.15, 0.2) is 12.1 Å². The number of hydrogen-bond donors (Lipinski definition) is 0. The molecule has 1 aromatic carbocycles. The van der Waals surface area contributed by atoms with E-state index < -0.39 is 0 Å². The van der Waals surface area contributed by atoms with Gasteiger partial charge in [-0.3, -0.25) is 0 Å². The monoisotopic (exact) mass is 286 g/mol. The molecule has 0 atom stereocenters. The lowest BCUT2D eigenvalue weighted by atomic mass is 10.3. The number of halogens is 2. The van der Waals surface area contributed by atoms with E-state index in [1.807, 2.05) is 13.8 Å². The third-order valence-corrected chi connectivity index (χ3v) is 3.42. The largest absolute Gasteiger partial charge is 0.346 e. The van der Waals surface area contributed by atoms with E-state index in [2.05, 4.69) is 10.3 Å². The van der Waals surface area contributed by atoms with Crippen LogP contribution in [0.1, 0.15) is 13.8 Å². The molecule has 0 fully saturated rings. The Kier molecular flexibility index (Phi) is 3.73. The molecular weight excluding hydrogens is 275 g/mol. The molecule has 2 rings (SSSR count). The summed E-state index contributed by atoms with van der Waals surface area (Å²) in [6.45, 7) is 5.03. The van der Waals surface area contributed by atoms with Crippen LogP contribution in [0.4, 0.5) is 4.79 Å². The van der Waals surface area contributed by atoms with Gasteiger partial charge >= 0.3 is 6.03 Å². The molecule has 0 N–H and O–H groups in total. The molecule has 1 aromatic heterocycles. The first-order valence-corrected chi connectivity index (χ1v) is 6.33. The number of carbonyl (C=O) groups excluding carboxylic acids is 1. The molecule has 0 unspecified atom stereocenters. The van der Waals surface area contributed by atoms with Gasteiger partial charge in [-0.15, -0.1) is 5.10 Å². The maximum absolute atomic E-state index is 12.2. The lowest BCUT2D eigenvalue weighted by molar-refractivity contribution is 0.202. The number of nitrogens with zero attached hydrogens (tertiary/aromatic N) is 4. The third-order valence-electron chi connectivity index (χ3n) is 2.70. The van der Waals surface area contributed by atoms with E-state index in [9.17, 15) is 4.79 Å². The van der Waals surface area contributed by atoms with E-state index in [1.54, 1.807) is 17.0 Å². The highest BCUT2D eigenvalue weighted by Gasteiger charge is 2.17. The molecule has 0 radical (unpaired) electrons. The third kappa shape index (κ3) is 2.15. The highest BCUT2D eigenvalue weighted by Crippen LogP contribution is 2.26. The van der Waals surface area contributed by atoms with Crippen LogP contribution in [0.2, 0.25) is 10.0 Å². The van der Waals surface area contributed by atoms with Gasteiger partial charge in [0.1, 0.15) is 11.0 Å². The molecule has 1 heterocycles. The fraction of sp³-hybridized carbons (Fsp3) is 0.364. The minimum absolute atomic E-state index is 0.221. The number of benzene rings is 1. The van der Waals surface area contributed by atoms with Crippen molar-refractivity contribution in [2.24, 2.45) is 0 Å². The Morgan fingerprint density at radius 3 is 2.50 bits per heavy atom. The summed E-state index contributed by atoms with van der Waals surface area (Å²) in [7, 11) is 0. The van der Waals surface area contributed by atoms with Crippen molar-refractivity contribution in [3.8, 4) is 0 Å². The Morgan fingerprint density at radius 2 is 1.89 bits per heavy atom. The highest BCUT2D eigenvalue weighted by molar-refractivity contribution is 6.42. The number of rotatable bonds is 2. The zero-order valence-corrected chi connectivity index (χ0v) is 11.5. The van der Waals surface area contributed by atoms with E-state index in [-0.39, 0.29) is 6.03 Å². The average molecular weight is 287 g/mol. The molecule has 0 aliphatic heterocycles. The van der Waals surface area contributed by atoms with Crippen molar-refractivity contribution in [3.63, 3.8) is 0 Å². The second-order valence-corrected chi connectivity index (χ2v) is 4.53. The maximum Gasteiger partial charge on any atom is 0.346 e. The van der Waals surface area contributed by atoms with E-state index >= 15 is 0 Å². The molecule has 18 heavy (non-hydrogen) atoms. The van der Waals surface area contributed by atoms with Crippen molar-refractivity contribution < 1.29 is 4.79 Å². The average Bonchev–Trinajstić information content (AvgIpc) is 2.74. The zero-order valence-electron chi connectivity index (χ0n) is 10.0. The van der Waals surface area contributed by atoms with Crippen molar-refractivity contribution in [3.05, 3.63) is 22.2 Å². The molecule has 0 saturated heterocycles. The van der Waals surface area contributed by atoms with Gasteiger partial charge in [-0.2, -0.15) is 4.68 Å². The van der Waals surface area contributed by atoms with Crippen LogP contribution in [-0.4, -0.2) is 39.0 Å². The number of fused-ring (bicyclic) bond motifs is 1. The van der Waals surface area contributed by atoms with Gasteiger partial charge in [0.2, 0.25) is 0 Å². The van der Waals surface area contributed by atoms with Gasteiger partial charge in [0.05, 0.1) is 10.0 Å². The van der Waals surface area contributed by atoms with Crippen molar-refractivity contribution in [2.45, 2.75) is 13.8 Å². The Bertz CT molecular complexity index is 592. The quantitative estimate of drug-likeness (QED) is 0.853. The summed E-state index contributed by atoms with van der Waals surface area (Å²) in [6.07, 6.45) is 0. The van der Waals surface area contributed by atoms with Crippen LogP contribution in [0.3, 0.4) is 0 Å². The summed E-state index contributed by atoms with van der Waals surface area (Å²) in [5, 5.41) is 8.54. The molecule has 5 nitrogen and oxygen atoms in total. The first-order chi connectivity index (χ1) is 8.58. The lowest BCUT2D eigenvalue weighted by Gasteiger charge is -2.17. The van der Waals surface area contributed by atoms with Crippen molar-refractivity contribution in [1.29, 1.82) is 0 Å². The maximum atomic E-state index is 12.2. The smallest absolute Gasteiger partial charge is 0.323 e. The zero-order chi connectivity index (χ0) is 13.3. The molecule has 96 valence electrons. The van der Waals surface area contributed by atoms with E-state index in [0.717, 1.165) is 0 Å². The van der Waals surface area contributed by atoms with Crippen LogP contribution in [-0.2, 0) is 0 Å².